The van der Waals surface area contributed by atoms with Crippen LogP contribution in [0, 0.1) is 5.82 Å². The van der Waals surface area contributed by atoms with Crippen LogP contribution in [0.25, 0.3) is 11.3 Å². The fourth-order valence-corrected chi connectivity index (χ4v) is 1.92. The van der Waals surface area contributed by atoms with Gasteiger partial charge in [-0.3, -0.25) is 0 Å². The monoisotopic (exact) mass is 233 g/mol. The van der Waals surface area contributed by atoms with Crippen LogP contribution in [0.5, 0.6) is 0 Å². The maximum atomic E-state index is 12.9. The highest BCUT2D eigenvalue weighted by Crippen LogP contribution is 2.23. The number of rotatable bonds is 4. The summed E-state index contributed by atoms with van der Waals surface area (Å²) >= 11 is 0. The molecule has 0 saturated carbocycles. The summed E-state index contributed by atoms with van der Waals surface area (Å²) in [5, 5.41) is 0. The summed E-state index contributed by atoms with van der Waals surface area (Å²) in [7, 11) is 0. The molecule has 2 rings (SSSR count). The molecule has 3 nitrogen and oxygen atoms in total. The Kier molecular flexibility index (Phi) is 3.54. The summed E-state index contributed by atoms with van der Waals surface area (Å²) in [6, 6.07) is 6.65. The van der Waals surface area contributed by atoms with E-state index in [1.807, 2.05) is 4.57 Å². The minimum Gasteiger partial charge on any atom is -0.328 e. The first-order valence-corrected chi connectivity index (χ1v) is 5.74. The maximum absolute atomic E-state index is 12.9. The Balaban J connectivity index is 2.39. The van der Waals surface area contributed by atoms with Gasteiger partial charge in [0.1, 0.15) is 5.82 Å². The molecule has 1 aromatic heterocycles. The number of halogens is 1. The molecule has 0 amide bonds. The van der Waals surface area contributed by atoms with Gasteiger partial charge in [0, 0.05) is 12.6 Å². The van der Waals surface area contributed by atoms with E-state index in [1.165, 1.54) is 12.1 Å². The Bertz CT molecular complexity index is 472. The normalized spacial score (nSPS) is 12.6. The molecule has 1 atom stereocenters. The van der Waals surface area contributed by atoms with Gasteiger partial charge in [-0.05, 0) is 36.2 Å². The van der Waals surface area contributed by atoms with Gasteiger partial charge >= 0.3 is 0 Å². The average molecular weight is 233 g/mol. The third-order valence-corrected chi connectivity index (χ3v) is 2.94. The van der Waals surface area contributed by atoms with Crippen molar-refractivity contribution < 1.29 is 4.39 Å². The van der Waals surface area contributed by atoms with Crippen molar-refractivity contribution in [1.82, 2.24) is 9.55 Å². The molecule has 17 heavy (non-hydrogen) atoms. The number of benzene rings is 1. The minimum absolute atomic E-state index is 0.231. The van der Waals surface area contributed by atoms with E-state index in [0.717, 1.165) is 17.7 Å². The lowest BCUT2D eigenvalue weighted by Gasteiger charge is -2.17. The molecule has 0 aliphatic rings. The summed E-state index contributed by atoms with van der Waals surface area (Å²) in [5.41, 5.74) is 7.67. The lowest BCUT2D eigenvalue weighted by atomic mass is 10.1. The SMILES string of the molecule is CCC(CN)n1cncc1-c1ccc(F)cc1. The Morgan fingerprint density at radius 2 is 2.06 bits per heavy atom. The van der Waals surface area contributed by atoms with E-state index in [1.54, 1.807) is 24.7 Å². The topological polar surface area (TPSA) is 43.8 Å². The van der Waals surface area contributed by atoms with Crippen molar-refractivity contribution in [3.63, 3.8) is 0 Å². The molecule has 1 unspecified atom stereocenters. The second-order valence-electron chi connectivity index (χ2n) is 3.99. The van der Waals surface area contributed by atoms with Crippen LogP contribution in [0.1, 0.15) is 19.4 Å². The molecule has 0 aliphatic heterocycles. The van der Waals surface area contributed by atoms with Crippen LogP contribution in [-0.2, 0) is 0 Å². The third-order valence-electron chi connectivity index (χ3n) is 2.94. The van der Waals surface area contributed by atoms with E-state index in [2.05, 4.69) is 11.9 Å². The summed E-state index contributed by atoms with van der Waals surface area (Å²) in [6.45, 7) is 2.66. The number of aromatic nitrogens is 2. The molecule has 4 heteroatoms. The Morgan fingerprint density at radius 1 is 1.35 bits per heavy atom. The van der Waals surface area contributed by atoms with Crippen molar-refractivity contribution in [3.05, 3.63) is 42.6 Å². The molecule has 0 saturated heterocycles. The van der Waals surface area contributed by atoms with Crippen molar-refractivity contribution >= 4 is 0 Å². The quantitative estimate of drug-likeness (QED) is 0.882. The summed E-state index contributed by atoms with van der Waals surface area (Å²) < 4.78 is 14.9. The van der Waals surface area contributed by atoms with Crippen molar-refractivity contribution in [2.24, 2.45) is 5.73 Å². The molecule has 0 fully saturated rings. The van der Waals surface area contributed by atoms with E-state index in [0.29, 0.717) is 6.54 Å². The fraction of sp³-hybridized carbons (Fsp3) is 0.308. The Hall–Kier alpha value is -1.68. The van der Waals surface area contributed by atoms with Crippen molar-refractivity contribution in [2.45, 2.75) is 19.4 Å². The van der Waals surface area contributed by atoms with E-state index >= 15 is 0 Å². The first kappa shape index (κ1) is 11.8. The number of nitrogens with zero attached hydrogens (tertiary/aromatic N) is 2. The smallest absolute Gasteiger partial charge is 0.123 e. The zero-order valence-corrected chi connectivity index (χ0v) is 9.81. The van der Waals surface area contributed by atoms with Crippen LogP contribution in [0.4, 0.5) is 4.39 Å². The number of hydrogen-bond donors (Lipinski definition) is 1. The molecule has 0 radical (unpaired) electrons. The first-order valence-electron chi connectivity index (χ1n) is 5.74. The largest absolute Gasteiger partial charge is 0.328 e. The van der Waals surface area contributed by atoms with Crippen LogP contribution < -0.4 is 5.73 Å². The standard InChI is InChI=1S/C13H16FN3/c1-2-12(7-15)17-9-16-8-13(17)10-3-5-11(14)6-4-10/h3-6,8-9,12H,2,7,15H2,1H3. The highest BCUT2D eigenvalue weighted by molar-refractivity contribution is 5.58. The van der Waals surface area contributed by atoms with Gasteiger partial charge in [-0.1, -0.05) is 6.92 Å². The number of hydrogen-bond acceptors (Lipinski definition) is 2. The Labute approximate surface area is 100 Å². The molecule has 0 aliphatic carbocycles. The van der Waals surface area contributed by atoms with Gasteiger partial charge in [0.05, 0.1) is 18.2 Å². The van der Waals surface area contributed by atoms with Crippen LogP contribution in [0.15, 0.2) is 36.8 Å². The highest BCUT2D eigenvalue weighted by atomic mass is 19.1. The van der Waals surface area contributed by atoms with Crippen molar-refractivity contribution in [2.75, 3.05) is 6.54 Å². The minimum atomic E-state index is -0.231. The molecular formula is C13H16FN3. The zero-order chi connectivity index (χ0) is 12.3. The first-order chi connectivity index (χ1) is 8.26. The van der Waals surface area contributed by atoms with Crippen LogP contribution in [-0.4, -0.2) is 16.1 Å². The van der Waals surface area contributed by atoms with Crippen LogP contribution in [0.3, 0.4) is 0 Å². The van der Waals surface area contributed by atoms with Crippen molar-refractivity contribution in [3.8, 4) is 11.3 Å². The van der Waals surface area contributed by atoms with Crippen LogP contribution in [0.2, 0.25) is 0 Å². The molecule has 1 heterocycles. The molecular weight excluding hydrogens is 217 g/mol. The van der Waals surface area contributed by atoms with E-state index < -0.39 is 0 Å². The average Bonchev–Trinajstić information content (AvgIpc) is 2.81. The van der Waals surface area contributed by atoms with Crippen LogP contribution >= 0.6 is 0 Å². The van der Waals surface area contributed by atoms with E-state index in [9.17, 15) is 4.39 Å². The van der Waals surface area contributed by atoms with Gasteiger partial charge in [0.25, 0.3) is 0 Å². The van der Waals surface area contributed by atoms with E-state index in [-0.39, 0.29) is 11.9 Å². The summed E-state index contributed by atoms with van der Waals surface area (Å²) in [5.74, 6) is -0.231. The Morgan fingerprint density at radius 3 is 2.65 bits per heavy atom. The zero-order valence-electron chi connectivity index (χ0n) is 9.81. The lowest BCUT2D eigenvalue weighted by Crippen LogP contribution is -2.18. The van der Waals surface area contributed by atoms with Gasteiger partial charge in [0.15, 0.2) is 0 Å². The van der Waals surface area contributed by atoms with Gasteiger partial charge in [0.2, 0.25) is 0 Å². The third kappa shape index (κ3) is 2.36. The molecule has 2 N–H and O–H groups in total. The maximum Gasteiger partial charge on any atom is 0.123 e. The lowest BCUT2D eigenvalue weighted by molar-refractivity contribution is 0.500. The predicted molar refractivity (Wildman–Crippen MR) is 66.0 cm³/mol. The summed E-state index contributed by atoms with van der Waals surface area (Å²) in [4.78, 5) is 4.15. The second-order valence-corrected chi connectivity index (χ2v) is 3.99. The predicted octanol–water partition coefficient (Wildman–Crippen LogP) is 2.60. The highest BCUT2D eigenvalue weighted by Gasteiger charge is 2.12. The van der Waals surface area contributed by atoms with Gasteiger partial charge in [-0.2, -0.15) is 0 Å². The molecule has 90 valence electrons. The molecule has 0 bridgehead atoms. The van der Waals surface area contributed by atoms with Crippen molar-refractivity contribution in [1.29, 1.82) is 0 Å². The summed E-state index contributed by atoms with van der Waals surface area (Å²) in [6.07, 6.45) is 4.51. The van der Waals surface area contributed by atoms with E-state index in [4.69, 9.17) is 5.73 Å². The molecule has 2 aromatic rings. The van der Waals surface area contributed by atoms with Gasteiger partial charge < -0.3 is 10.3 Å². The molecule has 0 spiro atoms. The number of imidazole rings is 1. The number of nitrogens with two attached hydrogens (primary N) is 1. The molecule has 1 aromatic carbocycles. The fourth-order valence-electron chi connectivity index (χ4n) is 1.92. The van der Waals surface area contributed by atoms with Gasteiger partial charge in [-0.25, -0.2) is 9.37 Å². The second kappa shape index (κ2) is 5.10. The van der Waals surface area contributed by atoms with Gasteiger partial charge in [-0.15, -0.1) is 0 Å².